The lowest BCUT2D eigenvalue weighted by Gasteiger charge is -2.14. The minimum absolute atomic E-state index is 0.0527. The summed E-state index contributed by atoms with van der Waals surface area (Å²) in [6.45, 7) is 3.42. The molecular weight excluding hydrogens is 336 g/mol. The van der Waals surface area contributed by atoms with Gasteiger partial charge in [0.25, 0.3) is 0 Å². The lowest BCUT2D eigenvalue weighted by Crippen LogP contribution is -2.41. The molecule has 0 heterocycles. The second kappa shape index (κ2) is 7.12. The Morgan fingerprint density at radius 2 is 1.61 bits per heavy atom. The highest BCUT2D eigenvalue weighted by Gasteiger charge is 2.22. The highest BCUT2D eigenvalue weighted by Crippen LogP contribution is 2.15. The Labute approximate surface area is 140 Å². The highest BCUT2D eigenvalue weighted by atomic mass is 35.5. The minimum Gasteiger partial charge on any atom is -0.325 e. The van der Waals surface area contributed by atoms with E-state index in [0.29, 0.717) is 10.7 Å². The number of sulfonamides is 1. The maximum Gasteiger partial charge on any atom is 0.242 e. The van der Waals surface area contributed by atoms with Crippen LogP contribution >= 0.6 is 11.6 Å². The fourth-order valence-corrected chi connectivity index (χ4v) is 3.18. The quantitative estimate of drug-likeness (QED) is 0.868. The van der Waals surface area contributed by atoms with Crippen molar-refractivity contribution in [2.75, 3.05) is 5.32 Å². The Morgan fingerprint density at radius 1 is 1.04 bits per heavy atom. The predicted octanol–water partition coefficient (Wildman–Crippen LogP) is 2.95. The van der Waals surface area contributed by atoms with Gasteiger partial charge in [0.1, 0.15) is 0 Å². The van der Waals surface area contributed by atoms with E-state index in [4.69, 9.17) is 11.6 Å². The van der Waals surface area contributed by atoms with E-state index in [9.17, 15) is 13.2 Å². The zero-order valence-electron chi connectivity index (χ0n) is 12.7. The van der Waals surface area contributed by atoms with Crippen molar-refractivity contribution in [1.82, 2.24) is 4.72 Å². The zero-order chi connectivity index (χ0) is 17.0. The number of carbonyl (C=O) groups is 1. The number of anilines is 1. The fraction of sp³-hybridized carbons (Fsp3) is 0.188. The van der Waals surface area contributed by atoms with Crippen LogP contribution in [-0.2, 0) is 14.8 Å². The lowest BCUT2D eigenvalue weighted by atomic mass is 10.2. The van der Waals surface area contributed by atoms with E-state index in [2.05, 4.69) is 10.0 Å². The molecule has 0 aliphatic rings. The molecule has 0 saturated carbocycles. The average Bonchev–Trinajstić information content (AvgIpc) is 2.49. The molecule has 1 atom stereocenters. The SMILES string of the molecule is Cc1ccc(NC(=O)C(C)NS(=O)(=O)c2ccc(Cl)cc2)cc1. The molecule has 7 heteroatoms. The molecule has 2 aromatic carbocycles. The van der Waals surface area contributed by atoms with Gasteiger partial charge in [-0.25, -0.2) is 8.42 Å². The van der Waals surface area contributed by atoms with Gasteiger partial charge in [0.05, 0.1) is 10.9 Å². The molecule has 0 spiro atoms. The number of benzene rings is 2. The van der Waals surface area contributed by atoms with Crippen LogP contribution in [0.1, 0.15) is 12.5 Å². The summed E-state index contributed by atoms with van der Waals surface area (Å²) in [6.07, 6.45) is 0. The summed E-state index contributed by atoms with van der Waals surface area (Å²) in [4.78, 5) is 12.2. The fourth-order valence-electron chi connectivity index (χ4n) is 1.86. The second-order valence-electron chi connectivity index (χ2n) is 5.15. The standard InChI is InChI=1S/C16H17ClN2O3S/c1-11-3-7-14(8-4-11)18-16(20)12(2)19-23(21,22)15-9-5-13(17)6-10-15/h3-10,12,19H,1-2H3,(H,18,20). The molecule has 122 valence electrons. The lowest BCUT2D eigenvalue weighted by molar-refractivity contribution is -0.117. The third-order valence-electron chi connectivity index (χ3n) is 3.17. The van der Waals surface area contributed by atoms with E-state index in [1.165, 1.54) is 31.2 Å². The van der Waals surface area contributed by atoms with Crippen LogP contribution in [0.5, 0.6) is 0 Å². The van der Waals surface area contributed by atoms with Crippen LogP contribution in [0.2, 0.25) is 5.02 Å². The summed E-state index contributed by atoms with van der Waals surface area (Å²) in [5.74, 6) is -0.439. The molecule has 0 bridgehead atoms. The molecule has 23 heavy (non-hydrogen) atoms. The maximum atomic E-state index is 12.2. The molecule has 5 nitrogen and oxygen atoms in total. The number of rotatable bonds is 5. The molecule has 0 fully saturated rings. The van der Waals surface area contributed by atoms with Crippen molar-refractivity contribution in [2.24, 2.45) is 0 Å². The van der Waals surface area contributed by atoms with Crippen molar-refractivity contribution in [3.63, 3.8) is 0 Å². The normalized spacial score (nSPS) is 12.7. The molecular formula is C16H17ClN2O3S. The summed E-state index contributed by atoms with van der Waals surface area (Å²) in [6, 6.07) is 12.0. The van der Waals surface area contributed by atoms with Gasteiger partial charge in [-0.15, -0.1) is 0 Å². The van der Waals surface area contributed by atoms with Crippen molar-refractivity contribution in [3.8, 4) is 0 Å². The average molecular weight is 353 g/mol. The van der Waals surface area contributed by atoms with E-state index in [1.54, 1.807) is 12.1 Å². The van der Waals surface area contributed by atoms with Crippen molar-refractivity contribution in [3.05, 3.63) is 59.1 Å². The zero-order valence-corrected chi connectivity index (χ0v) is 14.3. The minimum atomic E-state index is -3.79. The third-order valence-corrected chi connectivity index (χ3v) is 4.98. The summed E-state index contributed by atoms with van der Waals surface area (Å²) in [5, 5.41) is 3.10. The van der Waals surface area contributed by atoms with Gasteiger partial charge >= 0.3 is 0 Å². The number of hydrogen-bond donors (Lipinski definition) is 2. The van der Waals surface area contributed by atoms with Gasteiger partial charge in [-0.3, -0.25) is 4.79 Å². The van der Waals surface area contributed by atoms with E-state index in [1.807, 2.05) is 19.1 Å². The predicted molar refractivity (Wildman–Crippen MR) is 91.0 cm³/mol. The van der Waals surface area contributed by atoms with Crippen molar-refractivity contribution in [1.29, 1.82) is 0 Å². The van der Waals surface area contributed by atoms with E-state index in [-0.39, 0.29) is 4.90 Å². The Bertz CT molecular complexity index is 787. The first-order valence-corrected chi connectivity index (χ1v) is 8.79. The van der Waals surface area contributed by atoms with Crippen LogP contribution in [0.3, 0.4) is 0 Å². The van der Waals surface area contributed by atoms with Crippen molar-refractivity contribution in [2.45, 2.75) is 24.8 Å². The Morgan fingerprint density at radius 3 is 2.17 bits per heavy atom. The molecule has 2 rings (SSSR count). The number of nitrogens with one attached hydrogen (secondary N) is 2. The van der Waals surface area contributed by atoms with Crippen LogP contribution in [0, 0.1) is 6.92 Å². The third kappa shape index (κ3) is 4.79. The Kier molecular flexibility index (Phi) is 5.41. The molecule has 0 radical (unpaired) electrons. The Balaban J connectivity index is 2.05. The number of carbonyl (C=O) groups excluding carboxylic acids is 1. The van der Waals surface area contributed by atoms with Crippen LogP contribution in [0.4, 0.5) is 5.69 Å². The molecule has 0 aliphatic carbocycles. The summed E-state index contributed by atoms with van der Waals surface area (Å²) in [5.41, 5.74) is 1.68. The van der Waals surface area contributed by atoms with Crippen molar-refractivity contribution >= 4 is 33.2 Å². The van der Waals surface area contributed by atoms with Gasteiger partial charge in [0.15, 0.2) is 0 Å². The molecule has 2 N–H and O–H groups in total. The van der Waals surface area contributed by atoms with Gasteiger partial charge in [0.2, 0.25) is 15.9 Å². The molecule has 1 amide bonds. The molecule has 0 saturated heterocycles. The van der Waals surface area contributed by atoms with Gasteiger partial charge < -0.3 is 5.32 Å². The first kappa shape index (κ1) is 17.5. The summed E-state index contributed by atoms with van der Waals surface area (Å²) >= 11 is 5.74. The first-order chi connectivity index (χ1) is 10.8. The molecule has 1 unspecified atom stereocenters. The Hall–Kier alpha value is -1.89. The molecule has 0 aliphatic heterocycles. The smallest absolute Gasteiger partial charge is 0.242 e. The van der Waals surface area contributed by atoms with E-state index < -0.39 is 22.0 Å². The van der Waals surface area contributed by atoms with E-state index in [0.717, 1.165) is 5.56 Å². The van der Waals surface area contributed by atoms with Gasteiger partial charge in [-0.2, -0.15) is 4.72 Å². The molecule has 2 aromatic rings. The summed E-state index contributed by atoms with van der Waals surface area (Å²) in [7, 11) is -3.79. The summed E-state index contributed by atoms with van der Waals surface area (Å²) < 4.78 is 26.8. The van der Waals surface area contributed by atoms with E-state index >= 15 is 0 Å². The van der Waals surface area contributed by atoms with Gasteiger partial charge in [-0.05, 0) is 50.2 Å². The first-order valence-electron chi connectivity index (χ1n) is 6.93. The van der Waals surface area contributed by atoms with Crippen LogP contribution in [0.25, 0.3) is 0 Å². The van der Waals surface area contributed by atoms with Gasteiger partial charge in [0, 0.05) is 10.7 Å². The van der Waals surface area contributed by atoms with Crippen LogP contribution < -0.4 is 10.0 Å². The monoisotopic (exact) mass is 352 g/mol. The van der Waals surface area contributed by atoms with Crippen molar-refractivity contribution < 1.29 is 13.2 Å². The maximum absolute atomic E-state index is 12.2. The molecule has 0 aromatic heterocycles. The largest absolute Gasteiger partial charge is 0.325 e. The van der Waals surface area contributed by atoms with Gasteiger partial charge in [-0.1, -0.05) is 29.3 Å². The second-order valence-corrected chi connectivity index (χ2v) is 7.30. The van der Waals surface area contributed by atoms with Crippen LogP contribution in [0.15, 0.2) is 53.4 Å². The number of hydrogen-bond acceptors (Lipinski definition) is 3. The number of aryl methyl sites for hydroxylation is 1. The number of halogens is 1. The number of amides is 1. The van der Waals surface area contributed by atoms with Crippen LogP contribution in [-0.4, -0.2) is 20.4 Å². The topological polar surface area (TPSA) is 75.3 Å². The highest BCUT2D eigenvalue weighted by molar-refractivity contribution is 7.89.